The third-order valence-electron chi connectivity index (χ3n) is 5.58. The Labute approximate surface area is 160 Å². The highest BCUT2D eigenvalue weighted by atomic mass is 16.4. The van der Waals surface area contributed by atoms with Crippen LogP contribution in [0, 0.1) is 0 Å². The van der Waals surface area contributed by atoms with E-state index in [9.17, 15) is 4.79 Å². The molecular formula is C24H25NO2. The lowest BCUT2D eigenvalue weighted by atomic mass is 9.86. The molecular weight excluding hydrogens is 334 g/mol. The second-order valence-electron chi connectivity index (χ2n) is 7.33. The van der Waals surface area contributed by atoms with E-state index in [1.54, 1.807) is 0 Å². The van der Waals surface area contributed by atoms with Gasteiger partial charge in [-0.2, -0.15) is 0 Å². The monoisotopic (exact) mass is 359 g/mol. The summed E-state index contributed by atoms with van der Waals surface area (Å²) in [6.45, 7) is 2.90. The van der Waals surface area contributed by atoms with Gasteiger partial charge in [0.15, 0.2) is 0 Å². The molecule has 2 aliphatic rings. The van der Waals surface area contributed by atoms with E-state index >= 15 is 0 Å². The number of carboxylic acids is 1. The third kappa shape index (κ3) is 3.88. The van der Waals surface area contributed by atoms with Crippen molar-refractivity contribution in [2.45, 2.75) is 25.7 Å². The molecule has 3 nitrogen and oxygen atoms in total. The van der Waals surface area contributed by atoms with Crippen LogP contribution in [-0.4, -0.2) is 35.6 Å². The number of carbonyl (C=O) groups is 1. The van der Waals surface area contributed by atoms with Crippen molar-refractivity contribution in [2.75, 3.05) is 19.6 Å². The summed E-state index contributed by atoms with van der Waals surface area (Å²) in [6, 6.07) is 17.3. The average molecular weight is 359 g/mol. The molecule has 0 bridgehead atoms. The van der Waals surface area contributed by atoms with Crippen molar-refractivity contribution in [3.05, 3.63) is 76.4 Å². The Hall–Kier alpha value is -2.65. The number of piperidine rings is 1. The second-order valence-corrected chi connectivity index (χ2v) is 7.33. The van der Waals surface area contributed by atoms with E-state index in [4.69, 9.17) is 5.11 Å². The molecule has 0 amide bonds. The number of benzene rings is 2. The largest absolute Gasteiger partial charge is 0.481 e. The van der Waals surface area contributed by atoms with Crippen LogP contribution in [0.3, 0.4) is 0 Å². The molecule has 0 spiro atoms. The molecule has 0 aromatic heterocycles. The first-order valence-electron chi connectivity index (χ1n) is 9.75. The standard InChI is InChI=1S/C24H25NO2/c26-23(27)10-5-15-25-16-13-20(14-17-25)24-21-8-3-1-6-18(21)11-12-19-7-2-4-9-22(19)24/h1-4,6-9,11-12H,5,10,13-17H2,(H,26,27). The van der Waals surface area contributed by atoms with Crippen LogP contribution in [-0.2, 0) is 4.79 Å². The van der Waals surface area contributed by atoms with E-state index in [0.717, 1.165) is 38.9 Å². The summed E-state index contributed by atoms with van der Waals surface area (Å²) >= 11 is 0. The zero-order valence-electron chi connectivity index (χ0n) is 15.5. The third-order valence-corrected chi connectivity index (χ3v) is 5.58. The Morgan fingerprint density at radius 1 is 0.889 bits per heavy atom. The van der Waals surface area contributed by atoms with Crippen molar-refractivity contribution in [1.29, 1.82) is 0 Å². The number of rotatable bonds is 4. The smallest absolute Gasteiger partial charge is 0.303 e. The first-order valence-corrected chi connectivity index (χ1v) is 9.75. The molecule has 4 rings (SSSR count). The van der Waals surface area contributed by atoms with Crippen molar-refractivity contribution in [3.8, 4) is 0 Å². The molecule has 1 N–H and O–H groups in total. The van der Waals surface area contributed by atoms with E-state index in [1.807, 2.05) is 0 Å². The Balaban J connectivity index is 1.63. The normalized spacial score (nSPS) is 16.6. The van der Waals surface area contributed by atoms with Crippen molar-refractivity contribution >= 4 is 23.7 Å². The van der Waals surface area contributed by atoms with Gasteiger partial charge < -0.3 is 10.0 Å². The van der Waals surface area contributed by atoms with Gasteiger partial charge in [-0.05, 0) is 53.6 Å². The van der Waals surface area contributed by atoms with Gasteiger partial charge in [-0.1, -0.05) is 66.3 Å². The molecule has 0 atom stereocenters. The van der Waals surface area contributed by atoms with E-state index in [-0.39, 0.29) is 6.42 Å². The maximum absolute atomic E-state index is 10.7. The van der Waals surface area contributed by atoms with Crippen molar-refractivity contribution in [2.24, 2.45) is 0 Å². The SMILES string of the molecule is O=C(O)CCCN1CCC(=C2c3ccccc3C=Cc3ccccc32)CC1. The van der Waals surface area contributed by atoms with E-state index in [1.165, 1.54) is 33.4 Å². The van der Waals surface area contributed by atoms with Crippen LogP contribution in [0.25, 0.3) is 17.7 Å². The van der Waals surface area contributed by atoms with Crippen LogP contribution in [0.4, 0.5) is 0 Å². The summed E-state index contributed by atoms with van der Waals surface area (Å²) in [4.78, 5) is 13.1. The highest BCUT2D eigenvalue weighted by Gasteiger charge is 2.22. The maximum atomic E-state index is 10.7. The average Bonchev–Trinajstić information content (AvgIpc) is 2.85. The predicted octanol–water partition coefficient (Wildman–Crippen LogP) is 4.93. The van der Waals surface area contributed by atoms with Gasteiger partial charge in [0, 0.05) is 19.5 Å². The quantitative estimate of drug-likeness (QED) is 0.718. The first-order chi connectivity index (χ1) is 13.2. The van der Waals surface area contributed by atoms with Crippen LogP contribution in [0.2, 0.25) is 0 Å². The van der Waals surface area contributed by atoms with E-state index < -0.39 is 5.97 Å². The van der Waals surface area contributed by atoms with Gasteiger partial charge in [-0.25, -0.2) is 0 Å². The predicted molar refractivity (Wildman–Crippen MR) is 110 cm³/mol. The molecule has 0 saturated carbocycles. The van der Waals surface area contributed by atoms with Crippen LogP contribution < -0.4 is 0 Å². The van der Waals surface area contributed by atoms with Crippen molar-refractivity contribution in [1.82, 2.24) is 4.90 Å². The van der Waals surface area contributed by atoms with Crippen LogP contribution in [0.5, 0.6) is 0 Å². The van der Waals surface area contributed by atoms with Gasteiger partial charge in [-0.15, -0.1) is 0 Å². The fourth-order valence-corrected chi connectivity index (χ4v) is 4.20. The fourth-order valence-electron chi connectivity index (χ4n) is 4.20. The van der Waals surface area contributed by atoms with Crippen LogP contribution >= 0.6 is 0 Å². The molecule has 2 aromatic rings. The molecule has 1 saturated heterocycles. The summed E-state index contributed by atoms with van der Waals surface area (Å²) in [5.41, 5.74) is 8.13. The second kappa shape index (κ2) is 7.93. The molecule has 0 unspecified atom stereocenters. The van der Waals surface area contributed by atoms with Gasteiger partial charge in [0.25, 0.3) is 0 Å². The lowest BCUT2D eigenvalue weighted by Gasteiger charge is -2.30. The van der Waals surface area contributed by atoms with Gasteiger partial charge in [-0.3, -0.25) is 4.79 Å². The lowest BCUT2D eigenvalue weighted by Crippen LogP contribution is -2.32. The summed E-state index contributed by atoms with van der Waals surface area (Å²) in [5, 5.41) is 8.84. The minimum Gasteiger partial charge on any atom is -0.481 e. The number of hydrogen-bond acceptors (Lipinski definition) is 2. The molecule has 1 aliphatic heterocycles. The zero-order valence-corrected chi connectivity index (χ0v) is 15.5. The Kier molecular flexibility index (Phi) is 5.21. The zero-order chi connectivity index (χ0) is 18.6. The number of hydrogen-bond donors (Lipinski definition) is 1. The van der Waals surface area contributed by atoms with Gasteiger partial charge in [0.2, 0.25) is 0 Å². The summed E-state index contributed by atoms with van der Waals surface area (Å²) in [5.74, 6) is -0.700. The minimum absolute atomic E-state index is 0.261. The topological polar surface area (TPSA) is 40.5 Å². The van der Waals surface area contributed by atoms with Crippen molar-refractivity contribution < 1.29 is 9.90 Å². The molecule has 27 heavy (non-hydrogen) atoms. The van der Waals surface area contributed by atoms with Gasteiger partial charge >= 0.3 is 5.97 Å². The number of carboxylic acid groups (broad SMARTS) is 1. The molecule has 1 aliphatic carbocycles. The first kappa shape index (κ1) is 17.7. The molecule has 2 aromatic carbocycles. The molecule has 1 heterocycles. The van der Waals surface area contributed by atoms with Gasteiger partial charge in [0.1, 0.15) is 0 Å². The summed E-state index contributed by atoms with van der Waals surface area (Å²) in [6.07, 6.45) is 7.54. The Morgan fingerprint density at radius 2 is 1.44 bits per heavy atom. The summed E-state index contributed by atoms with van der Waals surface area (Å²) < 4.78 is 0. The minimum atomic E-state index is -0.700. The fraction of sp³-hybridized carbons (Fsp3) is 0.292. The highest BCUT2D eigenvalue weighted by molar-refractivity contribution is 5.94. The highest BCUT2D eigenvalue weighted by Crippen LogP contribution is 2.38. The van der Waals surface area contributed by atoms with E-state index in [2.05, 4.69) is 65.6 Å². The van der Waals surface area contributed by atoms with E-state index in [0.29, 0.717) is 0 Å². The number of likely N-dealkylation sites (tertiary alicyclic amines) is 1. The Bertz CT molecular complexity index is 849. The summed E-state index contributed by atoms with van der Waals surface area (Å²) in [7, 11) is 0. The van der Waals surface area contributed by atoms with Crippen LogP contribution in [0.15, 0.2) is 54.1 Å². The molecule has 1 fully saturated rings. The van der Waals surface area contributed by atoms with Crippen molar-refractivity contribution in [3.63, 3.8) is 0 Å². The number of fused-ring (bicyclic) bond motifs is 2. The number of aliphatic carboxylic acids is 1. The van der Waals surface area contributed by atoms with Gasteiger partial charge in [0.05, 0.1) is 0 Å². The lowest BCUT2D eigenvalue weighted by molar-refractivity contribution is -0.137. The molecule has 0 radical (unpaired) electrons. The maximum Gasteiger partial charge on any atom is 0.303 e. The molecule has 138 valence electrons. The Morgan fingerprint density at radius 3 is 2.00 bits per heavy atom. The number of nitrogens with zero attached hydrogens (tertiary/aromatic N) is 1. The van der Waals surface area contributed by atoms with Crippen LogP contribution in [0.1, 0.15) is 47.9 Å². The molecule has 3 heteroatoms.